The second-order valence-corrected chi connectivity index (χ2v) is 6.95. The van der Waals surface area contributed by atoms with Gasteiger partial charge in [-0.05, 0) is 44.7 Å². The van der Waals surface area contributed by atoms with Gasteiger partial charge in [-0.3, -0.25) is 0 Å². The van der Waals surface area contributed by atoms with E-state index in [0.717, 1.165) is 24.0 Å². The molecule has 128 valence electrons. The number of hydrogen-bond donors (Lipinski definition) is 1. The lowest BCUT2D eigenvalue weighted by Gasteiger charge is -2.33. The highest BCUT2D eigenvalue weighted by atomic mass is 16.6. The molecule has 2 rings (SSSR count). The first-order valence-corrected chi connectivity index (χ1v) is 8.15. The molecule has 0 atom stereocenters. The highest BCUT2D eigenvalue weighted by molar-refractivity contribution is 5.68. The van der Waals surface area contributed by atoms with E-state index in [1.807, 2.05) is 45.0 Å². The van der Waals surface area contributed by atoms with Gasteiger partial charge in [-0.1, -0.05) is 24.3 Å². The number of aliphatic hydroxyl groups is 1. The van der Waals surface area contributed by atoms with Crippen LogP contribution in [0.2, 0.25) is 0 Å². The number of benzene rings is 1. The number of ether oxygens (including phenoxy) is 2. The molecule has 0 spiro atoms. The number of nitrogens with zero attached hydrogens (tertiary/aromatic N) is 1. The van der Waals surface area contributed by atoms with Gasteiger partial charge in [0.25, 0.3) is 0 Å². The van der Waals surface area contributed by atoms with Crippen LogP contribution < -0.4 is 0 Å². The van der Waals surface area contributed by atoms with Gasteiger partial charge in [0, 0.05) is 13.1 Å². The lowest BCUT2D eigenvalue weighted by molar-refractivity contribution is -0.0170. The van der Waals surface area contributed by atoms with Crippen molar-refractivity contribution >= 4 is 6.09 Å². The predicted molar refractivity (Wildman–Crippen MR) is 88.0 cm³/mol. The fourth-order valence-electron chi connectivity index (χ4n) is 2.49. The van der Waals surface area contributed by atoms with Crippen LogP contribution in [0.3, 0.4) is 0 Å². The molecule has 1 fully saturated rings. The SMILES string of the molecule is CC(C)(C)OC(=O)N1CCC(OCc2ccc(CO)cc2)CC1. The fourth-order valence-corrected chi connectivity index (χ4v) is 2.49. The predicted octanol–water partition coefficient (Wildman–Crippen LogP) is 3.10. The van der Waals surface area contributed by atoms with Crippen LogP contribution in [0.5, 0.6) is 0 Å². The number of piperidine rings is 1. The summed E-state index contributed by atoms with van der Waals surface area (Å²) in [6.07, 6.45) is 1.59. The Bertz CT molecular complexity index is 499. The summed E-state index contributed by atoms with van der Waals surface area (Å²) in [5, 5.41) is 9.03. The molecule has 0 aromatic heterocycles. The van der Waals surface area contributed by atoms with Crippen molar-refractivity contribution in [3.8, 4) is 0 Å². The van der Waals surface area contributed by atoms with Crippen LogP contribution in [0.15, 0.2) is 24.3 Å². The Morgan fingerprint density at radius 3 is 2.26 bits per heavy atom. The molecule has 1 aliphatic heterocycles. The van der Waals surface area contributed by atoms with Crippen molar-refractivity contribution in [2.45, 2.75) is 58.5 Å². The van der Waals surface area contributed by atoms with Crippen molar-refractivity contribution in [2.75, 3.05) is 13.1 Å². The van der Waals surface area contributed by atoms with E-state index in [9.17, 15) is 4.79 Å². The summed E-state index contributed by atoms with van der Waals surface area (Å²) >= 11 is 0. The molecule has 0 bridgehead atoms. The van der Waals surface area contributed by atoms with Gasteiger partial charge in [-0.25, -0.2) is 4.79 Å². The average Bonchev–Trinajstić information content (AvgIpc) is 2.52. The Labute approximate surface area is 138 Å². The van der Waals surface area contributed by atoms with Gasteiger partial charge < -0.3 is 19.5 Å². The summed E-state index contributed by atoms with van der Waals surface area (Å²) in [7, 11) is 0. The molecular weight excluding hydrogens is 294 g/mol. The molecule has 0 saturated carbocycles. The number of carbonyl (C=O) groups is 1. The van der Waals surface area contributed by atoms with Crippen LogP contribution in [-0.4, -0.2) is 40.9 Å². The van der Waals surface area contributed by atoms with Crippen LogP contribution in [0.4, 0.5) is 4.79 Å². The monoisotopic (exact) mass is 321 g/mol. The number of likely N-dealkylation sites (tertiary alicyclic amines) is 1. The van der Waals surface area contributed by atoms with Crippen LogP contribution in [-0.2, 0) is 22.7 Å². The van der Waals surface area contributed by atoms with Crippen LogP contribution in [0, 0.1) is 0 Å². The maximum absolute atomic E-state index is 12.0. The summed E-state index contributed by atoms with van der Waals surface area (Å²) < 4.78 is 11.3. The van der Waals surface area contributed by atoms with Crippen LogP contribution in [0.25, 0.3) is 0 Å². The van der Waals surface area contributed by atoms with E-state index < -0.39 is 5.60 Å². The van der Waals surface area contributed by atoms with Crippen molar-refractivity contribution < 1.29 is 19.4 Å². The summed E-state index contributed by atoms with van der Waals surface area (Å²) in [5.41, 5.74) is 1.54. The molecular formula is C18H27NO4. The molecule has 1 amide bonds. The summed E-state index contributed by atoms with van der Waals surface area (Å²) in [5.74, 6) is 0. The van der Waals surface area contributed by atoms with Crippen molar-refractivity contribution in [3.05, 3.63) is 35.4 Å². The number of amides is 1. The first-order valence-electron chi connectivity index (χ1n) is 8.15. The third-order valence-electron chi connectivity index (χ3n) is 3.78. The van der Waals surface area contributed by atoms with E-state index in [2.05, 4.69) is 0 Å². The second-order valence-electron chi connectivity index (χ2n) is 6.95. The smallest absolute Gasteiger partial charge is 0.410 e. The minimum atomic E-state index is -0.453. The fraction of sp³-hybridized carbons (Fsp3) is 0.611. The third-order valence-corrected chi connectivity index (χ3v) is 3.78. The van der Waals surface area contributed by atoms with Crippen molar-refractivity contribution in [3.63, 3.8) is 0 Å². The normalized spacial score (nSPS) is 16.4. The molecule has 5 nitrogen and oxygen atoms in total. The van der Waals surface area contributed by atoms with Crippen molar-refractivity contribution in [1.29, 1.82) is 0 Å². The highest BCUT2D eigenvalue weighted by Gasteiger charge is 2.27. The maximum atomic E-state index is 12.0. The van der Waals surface area contributed by atoms with Crippen molar-refractivity contribution in [1.82, 2.24) is 4.90 Å². The molecule has 1 saturated heterocycles. The topological polar surface area (TPSA) is 59.0 Å². The Balaban J connectivity index is 1.73. The molecule has 1 N–H and O–H groups in total. The first kappa shape index (κ1) is 17.8. The van der Waals surface area contributed by atoms with Gasteiger partial charge in [-0.2, -0.15) is 0 Å². The Morgan fingerprint density at radius 2 is 1.74 bits per heavy atom. The van der Waals surface area contributed by atoms with Gasteiger partial charge in [0.15, 0.2) is 0 Å². The van der Waals surface area contributed by atoms with Crippen LogP contribution >= 0.6 is 0 Å². The van der Waals surface area contributed by atoms with E-state index in [-0.39, 0.29) is 18.8 Å². The number of hydrogen-bond acceptors (Lipinski definition) is 4. The highest BCUT2D eigenvalue weighted by Crippen LogP contribution is 2.18. The van der Waals surface area contributed by atoms with Gasteiger partial charge in [0.2, 0.25) is 0 Å². The zero-order valence-electron chi connectivity index (χ0n) is 14.2. The summed E-state index contributed by atoms with van der Waals surface area (Å²) in [4.78, 5) is 13.8. The zero-order valence-corrected chi connectivity index (χ0v) is 14.2. The molecule has 0 aliphatic carbocycles. The Kier molecular flexibility index (Phi) is 6.02. The van der Waals surface area contributed by atoms with E-state index in [4.69, 9.17) is 14.6 Å². The first-order chi connectivity index (χ1) is 10.9. The Morgan fingerprint density at radius 1 is 1.17 bits per heavy atom. The van der Waals surface area contributed by atoms with Crippen LogP contribution in [0.1, 0.15) is 44.7 Å². The van der Waals surface area contributed by atoms with E-state index in [1.54, 1.807) is 4.90 Å². The van der Waals surface area contributed by atoms with E-state index >= 15 is 0 Å². The lowest BCUT2D eigenvalue weighted by atomic mass is 10.1. The van der Waals surface area contributed by atoms with Gasteiger partial charge in [-0.15, -0.1) is 0 Å². The summed E-state index contributed by atoms with van der Waals surface area (Å²) in [6, 6.07) is 7.76. The largest absolute Gasteiger partial charge is 0.444 e. The maximum Gasteiger partial charge on any atom is 0.410 e. The summed E-state index contributed by atoms with van der Waals surface area (Å²) in [6.45, 7) is 7.59. The molecule has 1 aromatic rings. The number of rotatable bonds is 4. The van der Waals surface area contributed by atoms with Gasteiger partial charge in [0.05, 0.1) is 19.3 Å². The molecule has 1 aliphatic rings. The molecule has 0 radical (unpaired) electrons. The molecule has 23 heavy (non-hydrogen) atoms. The molecule has 1 heterocycles. The lowest BCUT2D eigenvalue weighted by Crippen LogP contribution is -2.43. The average molecular weight is 321 g/mol. The molecule has 5 heteroatoms. The van der Waals surface area contributed by atoms with Crippen molar-refractivity contribution in [2.24, 2.45) is 0 Å². The molecule has 0 unspecified atom stereocenters. The van der Waals surface area contributed by atoms with Gasteiger partial charge in [0.1, 0.15) is 5.60 Å². The quantitative estimate of drug-likeness (QED) is 0.926. The van der Waals surface area contributed by atoms with E-state index in [1.165, 1.54) is 0 Å². The third kappa shape index (κ3) is 5.84. The molecule has 1 aromatic carbocycles. The number of carbonyl (C=O) groups excluding carboxylic acids is 1. The minimum Gasteiger partial charge on any atom is -0.444 e. The van der Waals surface area contributed by atoms with E-state index in [0.29, 0.717) is 19.7 Å². The standard InChI is InChI=1S/C18H27NO4/c1-18(2,3)23-17(21)19-10-8-16(9-11-19)22-13-15-6-4-14(12-20)5-7-15/h4-7,16,20H,8-13H2,1-3H3. The minimum absolute atomic E-state index is 0.0598. The van der Waals surface area contributed by atoms with Gasteiger partial charge >= 0.3 is 6.09 Å². The Hall–Kier alpha value is -1.59. The number of aliphatic hydroxyl groups excluding tert-OH is 1. The second kappa shape index (κ2) is 7.79. The zero-order chi connectivity index (χ0) is 16.9.